The molecule has 1 aromatic rings. The number of benzene rings is 1. The molecule has 1 saturated heterocycles. The van der Waals surface area contributed by atoms with Gasteiger partial charge in [-0.25, -0.2) is 5.84 Å². The number of amides is 1. The normalized spacial score (nSPS) is 19.0. The van der Waals surface area contributed by atoms with E-state index in [-0.39, 0.29) is 5.91 Å². The number of rotatable bonds is 6. The van der Waals surface area contributed by atoms with E-state index in [0.717, 1.165) is 13.1 Å². The molecule has 1 aliphatic rings. The van der Waals surface area contributed by atoms with Crippen LogP contribution < -0.4 is 16.0 Å². The average Bonchev–Trinajstić information content (AvgIpc) is 2.94. The fourth-order valence-electron chi connectivity index (χ4n) is 2.78. The van der Waals surface area contributed by atoms with Gasteiger partial charge in [0.2, 0.25) is 0 Å². The second-order valence-corrected chi connectivity index (χ2v) is 5.06. The topological polar surface area (TPSA) is 67.6 Å². The summed E-state index contributed by atoms with van der Waals surface area (Å²) in [4.78, 5) is 14.1. The van der Waals surface area contributed by atoms with Crippen LogP contribution in [0.4, 0.5) is 0 Å². The Kier molecular flexibility index (Phi) is 5.38. The standard InChI is InChI=1S/C15H23N3O2/c1-2-12-6-5-9-18(12)10-11-20-14-8-4-3-7-13(14)15(19)17-16/h3-4,7-8,12H,2,5-6,9-11,16H2,1H3,(H,17,19). The Balaban J connectivity index is 1.89. The van der Waals surface area contributed by atoms with E-state index in [4.69, 9.17) is 10.6 Å². The minimum Gasteiger partial charge on any atom is -0.491 e. The Morgan fingerprint density at radius 1 is 1.50 bits per heavy atom. The molecule has 110 valence electrons. The molecule has 0 aliphatic carbocycles. The van der Waals surface area contributed by atoms with Crippen molar-refractivity contribution in [3.8, 4) is 5.75 Å². The highest BCUT2D eigenvalue weighted by atomic mass is 16.5. The first-order valence-electron chi connectivity index (χ1n) is 7.23. The number of carbonyl (C=O) groups is 1. The largest absolute Gasteiger partial charge is 0.491 e. The molecule has 0 aromatic heterocycles. The predicted molar refractivity (Wildman–Crippen MR) is 78.5 cm³/mol. The van der Waals surface area contributed by atoms with Crippen molar-refractivity contribution in [1.29, 1.82) is 0 Å². The minimum atomic E-state index is -0.326. The number of para-hydroxylation sites is 1. The summed E-state index contributed by atoms with van der Waals surface area (Å²) in [6.07, 6.45) is 3.74. The summed E-state index contributed by atoms with van der Waals surface area (Å²) < 4.78 is 5.76. The third-order valence-electron chi connectivity index (χ3n) is 3.87. The van der Waals surface area contributed by atoms with E-state index in [9.17, 15) is 4.79 Å². The Morgan fingerprint density at radius 3 is 3.05 bits per heavy atom. The van der Waals surface area contributed by atoms with Gasteiger partial charge in [-0.1, -0.05) is 19.1 Å². The van der Waals surface area contributed by atoms with Crippen LogP contribution in [-0.2, 0) is 0 Å². The Hall–Kier alpha value is -1.59. The number of nitrogens with zero attached hydrogens (tertiary/aromatic N) is 1. The van der Waals surface area contributed by atoms with Crippen LogP contribution in [0, 0.1) is 0 Å². The first-order chi connectivity index (χ1) is 9.76. The van der Waals surface area contributed by atoms with Gasteiger partial charge in [0.15, 0.2) is 0 Å². The van der Waals surface area contributed by atoms with Crippen molar-refractivity contribution in [2.45, 2.75) is 32.2 Å². The lowest BCUT2D eigenvalue weighted by Gasteiger charge is -2.23. The van der Waals surface area contributed by atoms with Crippen molar-refractivity contribution in [2.24, 2.45) is 5.84 Å². The van der Waals surface area contributed by atoms with Crippen LogP contribution >= 0.6 is 0 Å². The summed E-state index contributed by atoms with van der Waals surface area (Å²) in [5, 5.41) is 0. The molecule has 0 saturated carbocycles. The zero-order chi connectivity index (χ0) is 14.4. The zero-order valence-electron chi connectivity index (χ0n) is 12.0. The number of nitrogen functional groups attached to an aromatic ring is 1. The maximum Gasteiger partial charge on any atom is 0.268 e. The Labute approximate surface area is 120 Å². The van der Waals surface area contributed by atoms with Crippen molar-refractivity contribution in [3.05, 3.63) is 29.8 Å². The third kappa shape index (κ3) is 3.49. The molecule has 1 heterocycles. The number of hydrogen-bond donors (Lipinski definition) is 2. The molecule has 3 N–H and O–H groups in total. The summed E-state index contributed by atoms with van der Waals surface area (Å²) in [5.41, 5.74) is 2.62. The average molecular weight is 277 g/mol. The van der Waals surface area contributed by atoms with E-state index in [0.29, 0.717) is 24.0 Å². The smallest absolute Gasteiger partial charge is 0.268 e. The van der Waals surface area contributed by atoms with E-state index in [1.165, 1.54) is 19.3 Å². The maximum atomic E-state index is 11.6. The summed E-state index contributed by atoms with van der Waals surface area (Å²) in [7, 11) is 0. The van der Waals surface area contributed by atoms with Gasteiger partial charge in [-0.2, -0.15) is 0 Å². The number of nitrogens with one attached hydrogen (secondary N) is 1. The van der Waals surface area contributed by atoms with Crippen LogP contribution in [0.25, 0.3) is 0 Å². The fourth-order valence-corrected chi connectivity index (χ4v) is 2.78. The molecule has 0 spiro atoms. The van der Waals surface area contributed by atoms with Crippen LogP contribution in [0.5, 0.6) is 5.75 Å². The maximum absolute atomic E-state index is 11.6. The molecule has 0 bridgehead atoms. The van der Waals surface area contributed by atoms with Gasteiger partial charge in [-0.05, 0) is 37.9 Å². The highest BCUT2D eigenvalue weighted by Gasteiger charge is 2.22. The number of hydrazine groups is 1. The molecular weight excluding hydrogens is 254 g/mol. The van der Waals surface area contributed by atoms with Gasteiger partial charge in [-0.3, -0.25) is 15.1 Å². The van der Waals surface area contributed by atoms with Crippen molar-refractivity contribution >= 4 is 5.91 Å². The molecule has 2 rings (SSSR count). The summed E-state index contributed by atoms with van der Waals surface area (Å²) >= 11 is 0. The van der Waals surface area contributed by atoms with Gasteiger partial charge in [0, 0.05) is 12.6 Å². The van der Waals surface area contributed by atoms with E-state index >= 15 is 0 Å². The predicted octanol–water partition coefficient (Wildman–Crippen LogP) is 1.54. The molecule has 1 unspecified atom stereocenters. The molecule has 1 amide bonds. The molecule has 1 fully saturated rings. The molecule has 1 atom stereocenters. The van der Waals surface area contributed by atoms with Crippen molar-refractivity contribution in [3.63, 3.8) is 0 Å². The first kappa shape index (κ1) is 14.8. The van der Waals surface area contributed by atoms with Gasteiger partial charge in [-0.15, -0.1) is 0 Å². The first-order valence-corrected chi connectivity index (χ1v) is 7.23. The second kappa shape index (κ2) is 7.26. The van der Waals surface area contributed by atoms with Crippen LogP contribution in [0.15, 0.2) is 24.3 Å². The molecule has 1 aromatic carbocycles. The third-order valence-corrected chi connectivity index (χ3v) is 3.87. The highest BCUT2D eigenvalue weighted by molar-refractivity contribution is 5.96. The van der Waals surface area contributed by atoms with Gasteiger partial charge in [0.05, 0.1) is 5.56 Å². The minimum absolute atomic E-state index is 0.326. The van der Waals surface area contributed by atoms with E-state index in [1.807, 2.05) is 6.07 Å². The second-order valence-electron chi connectivity index (χ2n) is 5.06. The SMILES string of the molecule is CCC1CCCN1CCOc1ccccc1C(=O)NN. The van der Waals surface area contributed by atoms with Gasteiger partial charge in [0.25, 0.3) is 5.91 Å². The number of ether oxygens (including phenoxy) is 1. The van der Waals surface area contributed by atoms with Gasteiger partial charge < -0.3 is 4.74 Å². The summed E-state index contributed by atoms with van der Waals surface area (Å²) in [5.74, 6) is 5.43. The van der Waals surface area contributed by atoms with Crippen LogP contribution in [0.2, 0.25) is 0 Å². The lowest BCUT2D eigenvalue weighted by molar-refractivity contribution is 0.0948. The molecule has 5 nitrogen and oxygen atoms in total. The molecule has 1 aliphatic heterocycles. The van der Waals surface area contributed by atoms with Crippen LogP contribution in [0.1, 0.15) is 36.5 Å². The van der Waals surface area contributed by atoms with E-state index in [2.05, 4.69) is 17.2 Å². The number of carbonyl (C=O) groups excluding carboxylic acids is 1. The van der Waals surface area contributed by atoms with Crippen molar-refractivity contribution < 1.29 is 9.53 Å². The zero-order valence-corrected chi connectivity index (χ0v) is 12.0. The van der Waals surface area contributed by atoms with E-state index in [1.54, 1.807) is 18.2 Å². The van der Waals surface area contributed by atoms with Crippen molar-refractivity contribution in [1.82, 2.24) is 10.3 Å². The summed E-state index contributed by atoms with van der Waals surface area (Å²) in [6, 6.07) is 7.84. The Morgan fingerprint density at radius 2 is 2.30 bits per heavy atom. The number of likely N-dealkylation sites (tertiary alicyclic amines) is 1. The Bertz CT molecular complexity index is 450. The van der Waals surface area contributed by atoms with Crippen LogP contribution in [-0.4, -0.2) is 36.5 Å². The lowest BCUT2D eigenvalue weighted by atomic mass is 10.2. The number of nitrogens with two attached hydrogens (primary N) is 1. The van der Waals surface area contributed by atoms with Crippen molar-refractivity contribution in [2.75, 3.05) is 19.7 Å². The fraction of sp³-hybridized carbons (Fsp3) is 0.533. The highest BCUT2D eigenvalue weighted by Crippen LogP contribution is 2.20. The quantitative estimate of drug-likeness (QED) is 0.470. The molecule has 0 radical (unpaired) electrons. The van der Waals surface area contributed by atoms with Gasteiger partial charge >= 0.3 is 0 Å². The van der Waals surface area contributed by atoms with Crippen LogP contribution in [0.3, 0.4) is 0 Å². The van der Waals surface area contributed by atoms with E-state index < -0.39 is 0 Å². The number of hydrogen-bond acceptors (Lipinski definition) is 4. The van der Waals surface area contributed by atoms with Gasteiger partial charge in [0.1, 0.15) is 12.4 Å². The monoisotopic (exact) mass is 277 g/mol. The molecular formula is C15H23N3O2. The lowest BCUT2D eigenvalue weighted by Crippen LogP contribution is -2.33. The molecule has 5 heteroatoms. The molecule has 20 heavy (non-hydrogen) atoms. The summed E-state index contributed by atoms with van der Waals surface area (Å²) in [6.45, 7) is 4.86.